The molecule has 2 bridgehead atoms. The van der Waals surface area contributed by atoms with Gasteiger partial charge in [0.15, 0.2) is 11.4 Å². The van der Waals surface area contributed by atoms with Crippen LogP contribution in [0, 0.1) is 0 Å². The topological polar surface area (TPSA) is 58.7 Å². The van der Waals surface area contributed by atoms with E-state index in [0.29, 0.717) is 6.61 Å². The van der Waals surface area contributed by atoms with Crippen molar-refractivity contribution in [1.29, 1.82) is 0 Å². The van der Waals surface area contributed by atoms with Crippen LogP contribution >= 0.6 is 0 Å². The Kier molecular flexibility index (Phi) is 2.03. The Morgan fingerprint density at radius 1 is 1.37 bits per heavy atom. The summed E-state index contributed by atoms with van der Waals surface area (Å²) in [7, 11) is 0. The summed E-state index contributed by atoms with van der Waals surface area (Å²) >= 11 is 0. The van der Waals surface area contributed by atoms with Gasteiger partial charge in [0.1, 0.15) is 0 Å². The van der Waals surface area contributed by atoms with Gasteiger partial charge in [-0.1, -0.05) is 24.3 Å². The number of hydrogen-bond acceptors (Lipinski definition) is 3. The van der Waals surface area contributed by atoms with Crippen molar-refractivity contribution in [1.82, 2.24) is 5.32 Å². The molecule has 1 N–H and O–H groups in total. The third kappa shape index (κ3) is 1.32. The van der Waals surface area contributed by atoms with Gasteiger partial charge in [-0.2, -0.15) is 0 Å². The molecular weight excluding hydrogens is 242 g/mol. The van der Waals surface area contributed by atoms with Gasteiger partial charge < -0.3 is 10.1 Å². The molecule has 4 atom stereocenters. The number of ketones is 1. The molecule has 1 amide bonds. The molecule has 3 aliphatic carbocycles. The summed E-state index contributed by atoms with van der Waals surface area (Å²) in [5.74, 6) is -0.0690. The largest absolute Gasteiger partial charge is 0.361 e. The molecule has 1 unspecified atom stereocenters. The van der Waals surface area contributed by atoms with E-state index in [1.165, 1.54) is 12.5 Å². The van der Waals surface area contributed by atoms with Crippen LogP contribution in [0.1, 0.15) is 36.3 Å². The fourth-order valence-corrected chi connectivity index (χ4v) is 3.87. The summed E-state index contributed by atoms with van der Waals surface area (Å²) in [6.45, 7) is 2.04. The van der Waals surface area contributed by atoms with Gasteiger partial charge in [0, 0.05) is 18.9 Å². The smallest absolute Gasteiger partial charge is 0.217 e. The molecule has 98 valence electrons. The third-order valence-corrected chi connectivity index (χ3v) is 4.70. The Morgan fingerprint density at radius 3 is 2.68 bits per heavy atom. The van der Waals surface area contributed by atoms with Crippen LogP contribution in [0.4, 0.5) is 0 Å². The van der Waals surface area contributed by atoms with Crippen molar-refractivity contribution in [3.8, 4) is 0 Å². The minimum atomic E-state index is -0.575. The SMILES string of the molecule is CC(=O)N[C@@H]1C[C@H]2c3ccccc3[C@@H]1C(=O)C21CO1. The quantitative estimate of drug-likeness (QED) is 0.767. The maximum atomic E-state index is 12.6. The highest BCUT2D eigenvalue weighted by molar-refractivity contribution is 6.00. The number of benzene rings is 1. The summed E-state index contributed by atoms with van der Waals surface area (Å²) in [6.07, 6.45) is 0.799. The lowest BCUT2D eigenvalue weighted by atomic mass is 9.58. The predicted octanol–water partition coefficient (Wildman–Crippen LogP) is 1.11. The second-order valence-corrected chi connectivity index (χ2v) is 5.74. The van der Waals surface area contributed by atoms with Gasteiger partial charge in [-0.25, -0.2) is 0 Å². The monoisotopic (exact) mass is 257 g/mol. The van der Waals surface area contributed by atoms with Crippen molar-refractivity contribution in [2.24, 2.45) is 0 Å². The highest BCUT2D eigenvalue weighted by Crippen LogP contribution is 2.58. The summed E-state index contributed by atoms with van der Waals surface area (Å²) in [5.41, 5.74) is 1.73. The molecule has 19 heavy (non-hydrogen) atoms. The second-order valence-electron chi connectivity index (χ2n) is 5.74. The Hall–Kier alpha value is -1.68. The summed E-state index contributed by atoms with van der Waals surface area (Å²) in [4.78, 5) is 24.0. The molecule has 1 aliphatic heterocycles. The molecule has 1 aromatic carbocycles. The van der Waals surface area contributed by atoms with Gasteiger partial charge in [0.05, 0.1) is 12.5 Å². The minimum Gasteiger partial charge on any atom is -0.361 e. The number of epoxide rings is 1. The number of rotatable bonds is 1. The van der Waals surface area contributed by atoms with Gasteiger partial charge >= 0.3 is 0 Å². The zero-order valence-electron chi connectivity index (χ0n) is 10.7. The summed E-state index contributed by atoms with van der Waals surface area (Å²) in [6, 6.07) is 7.98. The lowest BCUT2D eigenvalue weighted by Crippen LogP contribution is -2.56. The van der Waals surface area contributed by atoms with E-state index in [0.717, 1.165) is 12.0 Å². The maximum Gasteiger partial charge on any atom is 0.217 e. The van der Waals surface area contributed by atoms with Gasteiger partial charge in [-0.15, -0.1) is 0 Å². The Morgan fingerprint density at radius 2 is 2.05 bits per heavy atom. The van der Waals surface area contributed by atoms with E-state index in [-0.39, 0.29) is 29.6 Å². The number of ether oxygens (including phenoxy) is 1. The molecule has 1 aromatic rings. The van der Waals surface area contributed by atoms with E-state index in [1.807, 2.05) is 18.2 Å². The van der Waals surface area contributed by atoms with Crippen LogP contribution in [-0.2, 0) is 14.3 Å². The van der Waals surface area contributed by atoms with E-state index < -0.39 is 5.60 Å². The molecule has 1 saturated carbocycles. The van der Waals surface area contributed by atoms with Crippen LogP contribution in [-0.4, -0.2) is 29.9 Å². The molecule has 4 aliphatic rings. The first-order chi connectivity index (χ1) is 9.13. The molecule has 0 aromatic heterocycles. The van der Waals surface area contributed by atoms with E-state index in [1.54, 1.807) is 0 Å². The van der Waals surface area contributed by atoms with E-state index in [4.69, 9.17) is 4.74 Å². The highest BCUT2D eigenvalue weighted by Gasteiger charge is 2.67. The van der Waals surface area contributed by atoms with Crippen molar-refractivity contribution < 1.29 is 14.3 Å². The number of amides is 1. The van der Waals surface area contributed by atoms with Gasteiger partial charge in [-0.3, -0.25) is 9.59 Å². The number of hydrogen-bond donors (Lipinski definition) is 1. The van der Waals surface area contributed by atoms with Crippen molar-refractivity contribution in [3.63, 3.8) is 0 Å². The Labute approximate surface area is 111 Å². The maximum absolute atomic E-state index is 12.6. The first kappa shape index (κ1) is 11.2. The van der Waals surface area contributed by atoms with Crippen molar-refractivity contribution in [2.75, 3.05) is 6.61 Å². The van der Waals surface area contributed by atoms with Gasteiger partial charge in [-0.05, 0) is 17.5 Å². The van der Waals surface area contributed by atoms with Crippen LogP contribution in [0.2, 0.25) is 0 Å². The van der Waals surface area contributed by atoms with Crippen molar-refractivity contribution in [2.45, 2.75) is 36.8 Å². The van der Waals surface area contributed by atoms with Crippen LogP contribution in [0.5, 0.6) is 0 Å². The summed E-state index contributed by atoms with van der Waals surface area (Å²) < 4.78 is 5.53. The molecule has 1 saturated heterocycles. The fraction of sp³-hybridized carbons (Fsp3) is 0.467. The lowest BCUT2D eigenvalue weighted by molar-refractivity contribution is -0.131. The van der Waals surface area contributed by atoms with E-state index in [9.17, 15) is 9.59 Å². The van der Waals surface area contributed by atoms with E-state index >= 15 is 0 Å². The average molecular weight is 257 g/mol. The Balaban J connectivity index is 1.84. The molecule has 4 nitrogen and oxygen atoms in total. The van der Waals surface area contributed by atoms with Crippen molar-refractivity contribution >= 4 is 11.7 Å². The number of fused-ring (bicyclic) bond motifs is 1. The number of Topliss-reactive ketones (excluding diaryl/α,β-unsaturated/α-hetero) is 1. The summed E-state index contributed by atoms with van der Waals surface area (Å²) in [5, 5.41) is 2.93. The fourth-order valence-electron chi connectivity index (χ4n) is 3.87. The zero-order valence-corrected chi connectivity index (χ0v) is 10.7. The molecular formula is C15H15NO3. The highest BCUT2D eigenvalue weighted by atomic mass is 16.6. The van der Waals surface area contributed by atoms with E-state index in [2.05, 4.69) is 11.4 Å². The predicted molar refractivity (Wildman–Crippen MR) is 67.8 cm³/mol. The number of carbonyl (C=O) groups is 2. The lowest BCUT2D eigenvalue weighted by Gasteiger charge is -2.46. The van der Waals surface area contributed by atoms with Crippen LogP contribution in [0.25, 0.3) is 0 Å². The first-order valence-electron chi connectivity index (χ1n) is 6.68. The average Bonchev–Trinajstić information content (AvgIpc) is 3.16. The zero-order chi connectivity index (χ0) is 13.2. The van der Waals surface area contributed by atoms with Gasteiger partial charge in [0.2, 0.25) is 5.91 Å². The number of nitrogens with one attached hydrogen (secondary N) is 1. The van der Waals surface area contributed by atoms with Crippen LogP contribution in [0.3, 0.4) is 0 Å². The molecule has 0 radical (unpaired) electrons. The first-order valence-corrected chi connectivity index (χ1v) is 6.68. The molecule has 1 spiro atoms. The second kappa shape index (κ2) is 3.45. The normalized spacial score (nSPS) is 38.2. The van der Waals surface area contributed by atoms with Gasteiger partial charge in [0.25, 0.3) is 0 Å². The molecule has 2 fully saturated rings. The van der Waals surface area contributed by atoms with Crippen molar-refractivity contribution in [3.05, 3.63) is 35.4 Å². The minimum absolute atomic E-state index is 0.0754. The van der Waals surface area contributed by atoms with Crippen LogP contribution < -0.4 is 5.32 Å². The molecule has 5 rings (SSSR count). The Bertz CT molecular complexity index is 591. The molecule has 4 heteroatoms. The number of carbonyl (C=O) groups excluding carboxylic acids is 2. The van der Waals surface area contributed by atoms with Crippen LogP contribution in [0.15, 0.2) is 24.3 Å². The third-order valence-electron chi connectivity index (χ3n) is 4.70. The molecule has 1 heterocycles. The standard InChI is InChI=1S/C15H15NO3/c1-8(17)16-12-6-11-9-4-2-3-5-10(9)13(12)14(18)15(11)7-19-15/h2-5,11-13H,6-7H2,1H3,(H,16,17)/t11-,12+,13-,15?/m0/s1.